The maximum absolute atomic E-state index is 11.9. The Morgan fingerprint density at radius 1 is 0.840 bits per heavy atom. The van der Waals surface area contributed by atoms with E-state index >= 15 is 0 Å². The molecule has 2 atom stereocenters. The first-order chi connectivity index (χ1) is 11.6. The molecule has 0 aromatic rings. The Labute approximate surface area is 147 Å². The molecule has 0 spiro atoms. The first-order valence-electron chi connectivity index (χ1n) is 8.41. The average molecular weight is 358 g/mol. The second-order valence-electron chi connectivity index (χ2n) is 5.96. The van der Waals surface area contributed by atoms with E-state index in [9.17, 15) is 29.4 Å². The molecule has 0 rings (SSSR count). The Kier molecular flexibility index (Phi) is 9.78. The molecule has 0 bridgehead atoms. The van der Waals surface area contributed by atoms with Crippen molar-refractivity contribution >= 4 is 23.9 Å². The number of aliphatic carboxylic acids is 2. The molecule has 0 saturated carbocycles. The molecule has 0 amide bonds. The smallest absolute Gasteiger partial charge is 0.306 e. The van der Waals surface area contributed by atoms with E-state index in [0.29, 0.717) is 12.8 Å². The van der Waals surface area contributed by atoms with E-state index in [0.717, 1.165) is 0 Å². The lowest BCUT2D eigenvalue weighted by molar-refractivity contribution is -0.330. The van der Waals surface area contributed by atoms with Crippen molar-refractivity contribution in [3.63, 3.8) is 0 Å². The van der Waals surface area contributed by atoms with E-state index in [1.54, 1.807) is 13.8 Å². The van der Waals surface area contributed by atoms with E-state index in [4.69, 9.17) is 9.47 Å². The number of ether oxygens (including phenoxy) is 2. The molecule has 0 aromatic carbocycles. The van der Waals surface area contributed by atoms with Crippen molar-refractivity contribution in [1.82, 2.24) is 0 Å². The van der Waals surface area contributed by atoms with Gasteiger partial charge in [-0.05, 0) is 39.5 Å². The topological polar surface area (TPSA) is 133 Å². The third kappa shape index (κ3) is 6.72. The van der Waals surface area contributed by atoms with Crippen molar-refractivity contribution in [2.45, 2.75) is 78.4 Å². The minimum Gasteiger partial charge on any atom is -0.550 e. The Hall–Kier alpha value is -2.12. The van der Waals surface area contributed by atoms with Crippen molar-refractivity contribution in [1.29, 1.82) is 0 Å². The van der Waals surface area contributed by atoms with E-state index < -0.39 is 54.3 Å². The summed E-state index contributed by atoms with van der Waals surface area (Å²) in [6.07, 6.45) is -2.40. The highest BCUT2D eigenvalue weighted by molar-refractivity contribution is 5.78. The van der Waals surface area contributed by atoms with Crippen molar-refractivity contribution in [3.05, 3.63) is 0 Å². The number of carbonyl (C=O) groups excluding carboxylic acids is 4. The summed E-state index contributed by atoms with van der Waals surface area (Å²) in [4.78, 5) is 46.2. The van der Waals surface area contributed by atoms with Crippen LogP contribution in [0.3, 0.4) is 0 Å². The van der Waals surface area contributed by atoms with E-state index in [1.807, 2.05) is 0 Å². The minimum atomic E-state index is -1.99. The molecule has 144 valence electrons. The summed E-state index contributed by atoms with van der Waals surface area (Å²) in [5, 5.41) is 22.7. The highest BCUT2D eigenvalue weighted by Crippen LogP contribution is 2.36. The predicted octanol–water partition coefficient (Wildman–Crippen LogP) is -0.284. The van der Waals surface area contributed by atoms with Gasteiger partial charge >= 0.3 is 11.9 Å². The van der Waals surface area contributed by atoms with Crippen LogP contribution in [0.2, 0.25) is 0 Å². The van der Waals surface area contributed by atoms with Crippen LogP contribution in [0.1, 0.15) is 66.2 Å². The van der Waals surface area contributed by atoms with Crippen LogP contribution in [0, 0.1) is 5.41 Å². The fourth-order valence-electron chi connectivity index (χ4n) is 2.61. The van der Waals surface area contributed by atoms with Gasteiger partial charge in [0.2, 0.25) is 0 Å². The summed E-state index contributed by atoms with van der Waals surface area (Å²) in [5.41, 5.74) is -1.99. The molecule has 25 heavy (non-hydrogen) atoms. The summed E-state index contributed by atoms with van der Waals surface area (Å²) in [6.45, 7) is 6.15. The molecule has 0 aromatic heterocycles. The van der Waals surface area contributed by atoms with Gasteiger partial charge in [0.05, 0.1) is 11.4 Å². The van der Waals surface area contributed by atoms with Gasteiger partial charge in [-0.15, -0.1) is 0 Å². The van der Waals surface area contributed by atoms with Gasteiger partial charge in [0.25, 0.3) is 0 Å². The lowest BCUT2D eigenvalue weighted by atomic mass is 9.74. The molecule has 2 unspecified atom stereocenters. The normalized spacial score (nSPS) is 15.5. The highest BCUT2D eigenvalue weighted by Gasteiger charge is 2.47. The molecule has 0 fully saturated rings. The molecule has 0 radical (unpaired) electrons. The Morgan fingerprint density at radius 3 is 1.52 bits per heavy atom. The van der Waals surface area contributed by atoms with Gasteiger partial charge in [0, 0.05) is 18.8 Å². The molecule has 8 heteroatoms. The summed E-state index contributed by atoms with van der Waals surface area (Å²) in [7, 11) is 0. The van der Waals surface area contributed by atoms with E-state index in [1.165, 1.54) is 13.8 Å². The lowest BCUT2D eigenvalue weighted by Crippen LogP contribution is -2.58. The van der Waals surface area contributed by atoms with Gasteiger partial charge in [0.15, 0.2) is 0 Å². The molecule has 0 saturated heterocycles. The van der Waals surface area contributed by atoms with Gasteiger partial charge in [-0.2, -0.15) is 0 Å². The monoisotopic (exact) mass is 358 g/mol. The molecule has 0 aliphatic carbocycles. The van der Waals surface area contributed by atoms with Gasteiger partial charge < -0.3 is 29.3 Å². The van der Waals surface area contributed by atoms with Gasteiger partial charge in [-0.3, -0.25) is 9.59 Å². The zero-order chi connectivity index (χ0) is 19.6. The largest absolute Gasteiger partial charge is 0.550 e. The van der Waals surface area contributed by atoms with Gasteiger partial charge in [0.1, 0.15) is 12.2 Å². The predicted molar refractivity (Wildman–Crippen MR) is 82.6 cm³/mol. The maximum atomic E-state index is 11.9. The fraction of sp³-hybridized carbons (Fsp3) is 0.765. The third-order valence-electron chi connectivity index (χ3n) is 4.10. The summed E-state index contributed by atoms with van der Waals surface area (Å²) in [6, 6.07) is 0. The summed E-state index contributed by atoms with van der Waals surface area (Å²) in [5.74, 6) is -4.37. The number of rotatable bonds is 12. The first kappa shape index (κ1) is 22.9. The first-order valence-corrected chi connectivity index (χ1v) is 8.41. The highest BCUT2D eigenvalue weighted by atomic mass is 16.6. The molecule has 0 aliphatic heterocycles. The zero-order valence-corrected chi connectivity index (χ0v) is 15.2. The van der Waals surface area contributed by atoms with Crippen LogP contribution >= 0.6 is 0 Å². The van der Waals surface area contributed by atoms with Crippen molar-refractivity contribution in [3.8, 4) is 0 Å². The van der Waals surface area contributed by atoms with E-state index in [2.05, 4.69) is 0 Å². The van der Waals surface area contributed by atoms with Gasteiger partial charge in [-0.1, -0.05) is 13.8 Å². The van der Waals surface area contributed by atoms with Crippen LogP contribution in [-0.2, 0) is 28.7 Å². The van der Waals surface area contributed by atoms with Gasteiger partial charge in [-0.25, -0.2) is 0 Å². The van der Waals surface area contributed by atoms with Crippen LogP contribution < -0.4 is 10.2 Å². The number of hydrogen-bond donors (Lipinski definition) is 0. The van der Waals surface area contributed by atoms with Crippen molar-refractivity contribution < 1.29 is 38.9 Å². The second kappa shape index (κ2) is 10.7. The molecule has 0 heterocycles. The SMILES string of the molecule is CCCC(=O)OC(C)C(CCC(=O)[O-])(C(=O)[O-])C(C)OC(=O)CCC. The van der Waals surface area contributed by atoms with Crippen LogP contribution in [0.15, 0.2) is 0 Å². The van der Waals surface area contributed by atoms with Crippen LogP contribution in [0.25, 0.3) is 0 Å². The minimum absolute atomic E-state index is 0.0813. The molecular weight excluding hydrogens is 332 g/mol. The Morgan fingerprint density at radius 2 is 1.24 bits per heavy atom. The molecule has 0 aliphatic rings. The van der Waals surface area contributed by atoms with Crippen molar-refractivity contribution in [2.24, 2.45) is 5.41 Å². The number of carboxylic acids is 2. The third-order valence-corrected chi connectivity index (χ3v) is 4.10. The quantitative estimate of drug-likeness (QED) is 0.435. The summed E-state index contributed by atoms with van der Waals surface area (Å²) >= 11 is 0. The lowest BCUT2D eigenvalue weighted by Gasteiger charge is -2.43. The standard InChI is InChI=1S/C17H28O8/c1-5-7-14(20)24-11(3)17(16(22)23,10-9-13(18)19)12(4)25-15(21)8-6-2/h11-12H,5-10H2,1-4H3,(H,18,19)(H,22,23)/p-2. The van der Waals surface area contributed by atoms with Crippen molar-refractivity contribution in [2.75, 3.05) is 0 Å². The number of hydrogen-bond acceptors (Lipinski definition) is 8. The van der Waals surface area contributed by atoms with Crippen LogP contribution in [-0.4, -0.2) is 36.1 Å². The number of carbonyl (C=O) groups is 4. The number of carboxylic acid groups (broad SMARTS) is 2. The zero-order valence-electron chi connectivity index (χ0n) is 15.2. The number of esters is 2. The molecule has 0 N–H and O–H groups in total. The molecule has 8 nitrogen and oxygen atoms in total. The fourth-order valence-corrected chi connectivity index (χ4v) is 2.61. The second-order valence-corrected chi connectivity index (χ2v) is 5.96. The maximum Gasteiger partial charge on any atom is 0.306 e. The van der Waals surface area contributed by atoms with Crippen LogP contribution in [0.4, 0.5) is 0 Å². The Bertz CT molecular complexity index is 459. The molecular formula is C17H26O8-2. The van der Waals surface area contributed by atoms with Crippen LogP contribution in [0.5, 0.6) is 0 Å². The Balaban J connectivity index is 5.62. The average Bonchev–Trinajstić information content (AvgIpc) is 2.47. The summed E-state index contributed by atoms with van der Waals surface area (Å²) < 4.78 is 10.3. The van der Waals surface area contributed by atoms with E-state index in [-0.39, 0.29) is 12.8 Å².